The van der Waals surface area contributed by atoms with Gasteiger partial charge in [0.2, 0.25) is 0 Å². The lowest BCUT2D eigenvalue weighted by molar-refractivity contribution is -0.274. The van der Waals surface area contributed by atoms with Crippen LogP contribution in [0.1, 0.15) is 65.3 Å². The normalized spacial score (nSPS) is 23.1. The van der Waals surface area contributed by atoms with E-state index in [4.69, 9.17) is 0 Å². The second kappa shape index (κ2) is 8.83. The number of aryl methyl sites for hydroxylation is 2. The number of likely N-dealkylation sites (tertiary alicyclic amines) is 2. The van der Waals surface area contributed by atoms with E-state index in [9.17, 15) is 18.0 Å². The Morgan fingerprint density at radius 3 is 2.50 bits per heavy atom. The first-order valence-electron chi connectivity index (χ1n) is 11.9. The first-order chi connectivity index (χ1) is 16.2. The number of rotatable bonds is 6. The van der Waals surface area contributed by atoms with Crippen LogP contribution >= 0.6 is 0 Å². The van der Waals surface area contributed by atoms with Crippen molar-refractivity contribution in [3.63, 3.8) is 0 Å². The maximum absolute atomic E-state index is 13.1. The summed E-state index contributed by atoms with van der Waals surface area (Å²) in [5, 5.41) is 0. The molecule has 3 heterocycles. The number of likely N-dealkylation sites (N-methyl/N-ethyl adjacent to an activating group) is 1. The Morgan fingerprint density at radius 2 is 1.88 bits per heavy atom. The van der Waals surface area contributed by atoms with Crippen LogP contribution in [0.4, 0.5) is 13.2 Å². The molecule has 3 fully saturated rings. The zero-order valence-electron chi connectivity index (χ0n) is 19.3. The number of ether oxygens (including phenoxy) is 1. The lowest BCUT2D eigenvalue weighted by Crippen LogP contribution is -2.68. The molecule has 2 aromatic rings. The number of nitrogens with zero attached hydrogens (tertiary/aromatic N) is 4. The smallest absolute Gasteiger partial charge is 0.406 e. The van der Waals surface area contributed by atoms with Crippen LogP contribution in [-0.2, 0) is 12.8 Å². The summed E-state index contributed by atoms with van der Waals surface area (Å²) in [5.41, 5.74) is 2.06. The molecule has 1 saturated carbocycles. The van der Waals surface area contributed by atoms with Crippen LogP contribution in [0.25, 0.3) is 0 Å². The van der Waals surface area contributed by atoms with E-state index < -0.39 is 6.36 Å². The van der Waals surface area contributed by atoms with Gasteiger partial charge < -0.3 is 14.5 Å². The van der Waals surface area contributed by atoms with Crippen LogP contribution in [0.5, 0.6) is 5.75 Å². The summed E-state index contributed by atoms with van der Waals surface area (Å²) in [6.07, 6.45) is 4.51. The van der Waals surface area contributed by atoms with E-state index in [2.05, 4.69) is 26.7 Å². The summed E-state index contributed by atoms with van der Waals surface area (Å²) < 4.78 is 42.3. The van der Waals surface area contributed by atoms with Gasteiger partial charge in [-0.3, -0.25) is 4.79 Å². The molecule has 1 aliphatic carbocycles. The summed E-state index contributed by atoms with van der Waals surface area (Å²) >= 11 is 0. The fraction of sp³-hybridized carbons (Fsp3) is 0.560. The molecule has 1 amide bonds. The molecule has 0 radical (unpaired) electrons. The van der Waals surface area contributed by atoms with Gasteiger partial charge in [-0.15, -0.1) is 13.2 Å². The Labute approximate surface area is 197 Å². The van der Waals surface area contributed by atoms with Gasteiger partial charge in [-0.05, 0) is 81.3 Å². The summed E-state index contributed by atoms with van der Waals surface area (Å²) in [4.78, 5) is 26.1. The second-order valence-electron chi connectivity index (χ2n) is 9.89. The molecular formula is C25H29F3N4O2. The van der Waals surface area contributed by atoms with E-state index in [1.807, 2.05) is 11.0 Å². The predicted molar refractivity (Wildman–Crippen MR) is 120 cm³/mol. The Morgan fingerprint density at radius 1 is 1.12 bits per heavy atom. The van der Waals surface area contributed by atoms with Gasteiger partial charge in [0.25, 0.3) is 5.91 Å². The van der Waals surface area contributed by atoms with Crippen molar-refractivity contribution in [2.24, 2.45) is 0 Å². The van der Waals surface area contributed by atoms with Gasteiger partial charge in [0.15, 0.2) is 0 Å². The van der Waals surface area contributed by atoms with Gasteiger partial charge in [0.05, 0.1) is 11.1 Å². The first kappa shape index (κ1) is 23.1. The van der Waals surface area contributed by atoms with Crippen LogP contribution in [0.2, 0.25) is 0 Å². The molecule has 1 spiro atoms. The number of benzene rings is 1. The number of alkyl halides is 3. The van der Waals surface area contributed by atoms with Crippen molar-refractivity contribution in [1.82, 2.24) is 19.8 Å². The summed E-state index contributed by atoms with van der Waals surface area (Å²) in [6.45, 7) is 2.72. The van der Waals surface area contributed by atoms with E-state index in [1.54, 1.807) is 12.4 Å². The average molecular weight is 475 g/mol. The SMILES string of the molecule is CN1CCCC2(CCN2C(=O)c2cnc(CCc3cc(OC(F)(F)F)cc(C4CC4)c3)nc2)C1. The van der Waals surface area contributed by atoms with Crippen molar-refractivity contribution >= 4 is 5.91 Å². The highest BCUT2D eigenvalue weighted by molar-refractivity contribution is 5.94. The molecule has 2 saturated heterocycles. The first-order valence-corrected chi connectivity index (χ1v) is 11.9. The van der Waals surface area contributed by atoms with Crippen LogP contribution in [0.3, 0.4) is 0 Å². The standard InChI is InChI=1S/C25H29F3N4O2/c1-31-9-2-7-24(16-31)8-10-32(24)23(33)20-14-29-22(30-15-20)6-3-17-11-19(18-4-5-18)13-21(12-17)34-25(26,27)28/h11-15,18H,2-10,16H2,1H3. The maximum Gasteiger partial charge on any atom is 0.573 e. The lowest BCUT2D eigenvalue weighted by atomic mass is 9.77. The number of amides is 1. The second-order valence-corrected chi connectivity index (χ2v) is 9.89. The maximum atomic E-state index is 13.1. The molecule has 5 rings (SSSR count). The molecule has 3 aliphatic rings. The fourth-order valence-electron chi connectivity index (χ4n) is 5.30. The van der Waals surface area contributed by atoms with Gasteiger partial charge in [-0.1, -0.05) is 6.07 Å². The van der Waals surface area contributed by atoms with Gasteiger partial charge in [-0.25, -0.2) is 9.97 Å². The molecular weight excluding hydrogens is 445 g/mol. The molecule has 0 N–H and O–H groups in total. The van der Waals surface area contributed by atoms with Crippen LogP contribution < -0.4 is 4.74 Å². The fourth-order valence-corrected chi connectivity index (χ4v) is 5.30. The van der Waals surface area contributed by atoms with Crippen molar-refractivity contribution in [2.45, 2.75) is 62.8 Å². The van der Waals surface area contributed by atoms with E-state index in [1.165, 1.54) is 12.1 Å². The highest BCUT2D eigenvalue weighted by Crippen LogP contribution is 2.42. The van der Waals surface area contributed by atoms with E-state index >= 15 is 0 Å². The summed E-state index contributed by atoms with van der Waals surface area (Å²) in [6, 6.07) is 4.86. The quantitative estimate of drug-likeness (QED) is 0.623. The summed E-state index contributed by atoms with van der Waals surface area (Å²) in [7, 11) is 2.10. The van der Waals surface area contributed by atoms with Crippen LogP contribution in [0, 0.1) is 0 Å². The molecule has 1 atom stereocenters. The molecule has 1 aromatic carbocycles. The highest BCUT2D eigenvalue weighted by atomic mass is 19.4. The average Bonchev–Trinajstić information content (AvgIpc) is 3.61. The van der Waals surface area contributed by atoms with E-state index in [0.717, 1.165) is 62.9 Å². The van der Waals surface area contributed by atoms with Crippen molar-refractivity contribution in [3.8, 4) is 5.75 Å². The minimum Gasteiger partial charge on any atom is -0.406 e. The number of carbonyl (C=O) groups excluding carboxylic acids is 1. The van der Waals surface area contributed by atoms with Gasteiger partial charge >= 0.3 is 6.36 Å². The monoisotopic (exact) mass is 474 g/mol. The van der Waals surface area contributed by atoms with Gasteiger partial charge in [-0.2, -0.15) is 0 Å². The molecule has 9 heteroatoms. The van der Waals surface area contributed by atoms with Crippen molar-refractivity contribution < 1.29 is 22.7 Å². The van der Waals surface area contributed by atoms with Crippen LogP contribution in [0.15, 0.2) is 30.6 Å². The molecule has 6 nitrogen and oxygen atoms in total. The molecule has 2 aliphatic heterocycles. The molecule has 0 bridgehead atoms. The number of hydrogen-bond acceptors (Lipinski definition) is 5. The zero-order chi connectivity index (χ0) is 23.9. The third-order valence-corrected chi connectivity index (χ3v) is 7.23. The number of aromatic nitrogens is 2. The van der Waals surface area contributed by atoms with E-state index in [0.29, 0.717) is 30.1 Å². The van der Waals surface area contributed by atoms with Gasteiger partial charge in [0.1, 0.15) is 11.6 Å². The van der Waals surface area contributed by atoms with Crippen molar-refractivity contribution in [1.29, 1.82) is 0 Å². The molecule has 1 aromatic heterocycles. The third kappa shape index (κ3) is 5.04. The van der Waals surface area contributed by atoms with E-state index in [-0.39, 0.29) is 17.2 Å². The zero-order valence-corrected chi connectivity index (χ0v) is 19.3. The largest absolute Gasteiger partial charge is 0.573 e. The summed E-state index contributed by atoms with van der Waals surface area (Å²) in [5.74, 6) is 0.665. The Hall–Kier alpha value is -2.68. The number of piperidine rings is 1. The van der Waals surface area contributed by atoms with Crippen molar-refractivity contribution in [2.75, 3.05) is 26.7 Å². The number of hydrogen-bond donors (Lipinski definition) is 0. The number of carbonyl (C=O) groups is 1. The van der Waals surface area contributed by atoms with Crippen LogP contribution in [-0.4, -0.2) is 64.3 Å². The Bertz CT molecular complexity index is 1060. The highest BCUT2D eigenvalue weighted by Gasteiger charge is 2.49. The Kier molecular flexibility index (Phi) is 6.00. The molecule has 182 valence electrons. The molecule has 34 heavy (non-hydrogen) atoms. The predicted octanol–water partition coefficient (Wildman–Crippen LogP) is 4.35. The van der Waals surface area contributed by atoms with Crippen molar-refractivity contribution in [3.05, 3.63) is 53.1 Å². The Balaban J connectivity index is 1.23. The minimum absolute atomic E-state index is 0.0285. The molecule has 1 unspecified atom stereocenters. The minimum atomic E-state index is -4.72. The third-order valence-electron chi connectivity index (χ3n) is 7.23. The van der Waals surface area contributed by atoms with Gasteiger partial charge in [0, 0.05) is 31.9 Å². The lowest BCUT2D eigenvalue weighted by Gasteiger charge is -2.56. The number of halogens is 3. The topological polar surface area (TPSA) is 58.6 Å².